The lowest BCUT2D eigenvalue weighted by atomic mass is 9.99. The van der Waals surface area contributed by atoms with Gasteiger partial charge in [0.1, 0.15) is 6.04 Å². The van der Waals surface area contributed by atoms with Crippen molar-refractivity contribution in [3.63, 3.8) is 0 Å². The Morgan fingerprint density at radius 2 is 1.71 bits per heavy atom. The molecular formula is C27H23ClN4O5S. The lowest BCUT2D eigenvalue weighted by Crippen LogP contribution is -2.40. The molecule has 0 bridgehead atoms. The maximum atomic E-state index is 13.4. The summed E-state index contributed by atoms with van der Waals surface area (Å²) in [4.78, 5) is 26.5. The monoisotopic (exact) mass is 550 g/mol. The zero-order valence-corrected chi connectivity index (χ0v) is 21.9. The summed E-state index contributed by atoms with van der Waals surface area (Å²) >= 11 is 6.53. The van der Waals surface area contributed by atoms with Crippen molar-refractivity contribution in [3.05, 3.63) is 89.1 Å². The molecule has 1 amide bonds. The molecule has 1 atom stereocenters. The van der Waals surface area contributed by atoms with Gasteiger partial charge in [-0.05, 0) is 56.2 Å². The van der Waals surface area contributed by atoms with E-state index in [4.69, 9.17) is 11.6 Å². The summed E-state index contributed by atoms with van der Waals surface area (Å²) in [6.45, 7) is 1.95. The predicted molar refractivity (Wildman–Crippen MR) is 140 cm³/mol. The van der Waals surface area contributed by atoms with Crippen molar-refractivity contribution in [2.75, 3.05) is 6.54 Å². The number of carboxylic acids is 1. The van der Waals surface area contributed by atoms with Gasteiger partial charge in [-0.1, -0.05) is 53.2 Å². The number of rotatable bonds is 6. The Labute approximate surface area is 224 Å². The van der Waals surface area contributed by atoms with Crippen molar-refractivity contribution in [1.29, 1.82) is 0 Å². The van der Waals surface area contributed by atoms with E-state index in [-0.39, 0.29) is 21.2 Å². The number of carbonyl (C=O) groups is 2. The minimum absolute atomic E-state index is 0.0982. The van der Waals surface area contributed by atoms with Crippen LogP contribution in [0.25, 0.3) is 16.8 Å². The van der Waals surface area contributed by atoms with E-state index in [9.17, 15) is 23.1 Å². The fourth-order valence-electron chi connectivity index (χ4n) is 4.69. The number of benzene rings is 3. The molecule has 0 aliphatic carbocycles. The molecule has 1 aliphatic rings. The second-order valence-electron chi connectivity index (χ2n) is 8.91. The Morgan fingerprint density at radius 3 is 2.42 bits per heavy atom. The Hall–Kier alpha value is -4.02. The van der Waals surface area contributed by atoms with Gasteiger partial charge in [0.25, 0.3) is 5.91 Å². The fraction of sp³-hybridized carbons (Fsp3) is 0.185. The summed E-state index contributed by atoms with van der Waals surface area (Å²) < 4.78 is 27.9. The summed E-state index contributed by atoms with van der Waals surface area (Å²) in [5.41, 5.74) is 2.14. The van der Waals surface area contributed by atoms with Gasteiger partial charge >= 0.3 is 5.97 Å². The van der Waals surface area contributed by atoms with Crippen LogP contribution in [0, 0.1) is 6.92 Å². The van der Waals surface area contributed by atoms with Crippen LogP contribution in [0.15, 0.2) is 82.7 Å². The van der Waals surface area contributed by atoms with E-state index in [1.165, 1.54) is 21.7 Å². The number of aliphatic carboxylic acids is 1. The van der Waals surface area contributed by atoms with Crippen molar-refractivity contribution in [2.45, 2.75) is 35.7 Å². The number of carboxylic acid groups (broad SMARTS) is 1. The number of amides is 1. The van der Waals surface area contributed by atoms with Gasteiger partial charge in [0, 0.05) is 28.3 Å². The molecule has 0 spiro atoms. The molecule has 1 unspecified atom stereocenters. The Balaban J connectivity index is 1.64. The van der Waals surface area contributed by atoms with Crippen LogP contribution in [0.4, 0.5) is 0 Å². The second kappa shape index (κ2) is 10.0. The van der Waals surface area contributed by atoms with Crippen molar-refractivity contribution >= 4 is 33.3 Å². The third-order valence-corrected chi connectivity index (χ3v) is 8.70. The van der Waals surface area contributed by atoms with Crippen LogP contribution in [0.3, 0.4) is 0 Å². The standard InChI is InChI=1S/C27H23ClN4O5S/c1-17-25(38(36,37)19-8-3-2-4-9-19)29-30-32(17)23-14-13-18(16-21(23)20-10-5-6-11-22(20)28)26(33)31-15-7-12-24(31)27(34)35/h2-6,8-11,13-14,16,24H,7,12,15H2,1H3,(H,34,35). The lowest BCUT2D eigenvalue weighted by molar-refractivity contribution is -0.141. The zero-order chi connectivity index (χ0) is 27.0. The average molecular weight is 551 g/mol. The van der Waals surface area contributed by atoms with Gasteiger partial charge in [-0.25, -0.2) is 17.9 Å². The quantitative estimate of drug-likeness (QED) is 0.377. The highest BCUT2D eigenvalue weighted by atomic mass is 35.5. The largest absolute Gasteiger partial charge is 0.480 e. The van der Waals surface area contributed by atoms with E-state index in [2.05, 4.69) is 10.3 Å². The van der Waals surface area contributed by atoms with Crippen molar-refractivity contribution < 1.29 is 23.1 Å². The Kier molecular flexibility index (Phi) is 6.77. The minimum atomic E-state index is -3.93. The lowest BCUT2D eigenvalue weighted by Gasteiger charge is -2.22. The molecule has 11 heteroatoms. The summed E-state index contributed by atoms with van der Waals surface area (Å²) in [5.74, 6) is -1.44. The third kappa shape index (κ3) is 4.46. The van der Waals surface area contributed by atoms with E-state index in [1.54, 1.807) is 67.6 Å². The second-order valence-corrected chi connectivity index (χ2v) is 11.2. The van der Waals surface area contributed by atoms with Crippen molar-refractivity contribution in [3.8, 4) is 16.8 Å². The number of hydrogen-bond acceptors (Lipinski definition) is 6. The number of halogens is 1. The highest BCUT2D eigenvalue weighted by molar-refractivity contribution is 7.91. The van der Waals surface area contributed by atoms with Crippen LogP contribution < -0.4 is 0 Å². The molecule has 1 fully saturated rings. The number of hydrogen-bond donors (Lipinski definition) is 1. The predicted octanol–water partition coefficient (Wildman–Crippen LogP) is 4.42. The van der Waals surface area contributed by atoms with Crippen molar-refractivity contribution in [1.82, 2.24) is 19.9 Å². The molecule has 1 aliphatic heterocycles. The molecule has 0 radical (unpaired) electrons. The first-order valence-corrected chi connectivity index (χ1v) is 13.7. The first-order valence-electron chi connectivity index (χ1n) is 11.9. The molecular weight excluding hydrogens is 528 g/mol. The maximum absolute atomic E-state index is 13.4. The minimum Gasteiger partial charge on any atom is -0.480 e. The van der Waals surface area contributed by atoms with Gasteiger partial charge < -0.3 is 10.0 Å². The summed E-state index contributed by atoms with van der Waals surface area (Å²) in [7, 11) is -3.93. The number of nitrogens with zero attached hydrogens (tertiary/aromatic N) is 4. The first kappa shape index (κ1) is 25.6. The van der Waals surface area contributed by atoms with Gasteiger partial charge in [0.2, 0.25) is 14.9 Å². The van der Waals surface area contributed by atoms with E-state index >= 15 is 0 Å². The molecule has 2 heterocycles. The molecule has 1 N–H and O–H groups in total. The van der Waals surface area contributed by atoms with E-state index in [0.29, 0.717) is 41.2 Å². The number of aromatic nitrogens is 3. The van der Waals surface area contributed by atoms with Gasteiger partial charge in [0.05, 0.1) is 16.3 Å². The van der Waals surface area contributed by atoms with Gasteiger partial charge in [-0.3, -0.25) is 4.79 Å². The highest BCUT2D eigenvalue weighted by Crippen LogP contribution is 2.35. The summed E-state index contributed by atoms with van der Waals surface area (Å²) in [6.07, 6.45) is 1.00. The first-order chi connectivity index (χ1) is 18.2. The smallest absolute Gasteiger partial charge is 0.326 e. The Morgan fingerprint density at radius 1 is 1.00 bits per heavy atom. The third-order valence-electron chi connectivity index (χ3n) is 6.59. The fourth-order valence-corrected chi connectivity index (χ4v) is 6.28. The normalized spacial score (nSPS) is 15.5. The van der Waals surface area contributed by atoms with E-state index in [0.717, 1.165) is 0 Å². The molecule has 3 aromatic carbocycles. The Bertz CT molecular complexity index is 1650. The van der Waals surface area contributed by atoms with Crippen LogP contribution >= 0.6 is 11.6 Å². The molecule has 1 saturated heterocycles. The van der Waals surface area contributed by atoms with Gasteiger partial charge in [0.15, 0.2) is 0 Å². The summed E-state index contributed by atoms with van der Waals surface area (Å²) in [5, 5.41) is 17.9. The molecule has 4 aromatic rings. The number of carbonyl (C=O) groups excluding carboxylic acids is 1. The van der Waals surface area contributed by atoms with E-state index < -0.39 is 27.8 Å². The molecule has 1 aromatic heterocycles. The SMILES string of the molecule is Cc1c(S(=O)(=O)c2ccccc2)nnn1-c1ccc(C(=O)N2CCCC2C(=O)O)cc1-c1ccccc1Cl. The molecule has 38 heavy (non-hydrogen) atoms. The zero-order valence-electron chi connectivity index (χ0n) is 20.3. The number of sulfone groups is 1. The van der Waals surface area contributed by atoms with E-state index in [1.807, 2.05) is 0 Å². The van der Waals surface area contributed by atoms with Gasteiger partial charge in [-0.2, -0.15) is 0 Å². The molecule has 9 nitrogen and oxygen atoms in total. The number of likely N-dealkylation sites (tertiary alicyclic amines) is 1. The highest BCUT2D eigenvalue weighted by Gasteiger charge is 2.35. The van der Waals surface area contributed by atoms with Crippen molar-refractivity contribution in [2.24, 2.45) is 0 Å². The molecule has 194 valence electrons. The van der Waals surface area contributed by atoms with Crippen LogP contribution in [0.2, 0.25) is 5.02 Å². The van der Waals surface area contributed by atoms with Crippen LogP contribution in [-0.4, -0.2) is 57.9 Å². The summed E-state index contributed by atoms with van der Waals surface area (Å²) in [6, 6.07) is 19.0. The van der Waals surface area contributed by atoms with Crippen LogP contribution in [-0.2, 0) is 14.6 Å². The maximum Gasteiger partial charge on any atom is 0.326 e. The average Bonchev–Trinajstić information content (AvgIpc) is 3.56. The molecule has 5 rings (SSSR count). The van der Waals surface area contributed by atoms with Gasteiger partial charge in [-0.15, -0.1) is 5.10 Å². The molecule has 0 saturated carbocycles. The van der Waals surface area contributed by atoms with Crippen LogP contribution in [0.1, 0.15) is 28.9 Å². The van der Waals surface area contributed by atoms with Crippen LogP contribution in [0.5, 0.6) is 0 Å². The topological polar surface area (TPSA) is 122 Å².